The Hall–Kier alpha value is -1.20. The Morgan fingerprint density at radius 1 is 1.35 bits per heavy atom. The fourth-order valence-corrected chi connectivity index (χ4v) is 2.46. The third-order valence-electron chi connectivity index (χ3n) is 3.02. The van der Waals surface area contributed by atoms with Crippen molar-refractivity contribution in [3.8, 4) is 0 Å². The van der Waals surface area contributed by atoms with E-state index in [0.717, 1.165) is 11.3 Å². The Kier molecular flexibility index (Phi) is 6.88. The first-order chi connectivity index (χ1) is 9.43. The van der Waals surface area contributed by atoms with Crippen molar-refractivity contribution in [3.05, 3.63) is 29.3 Å². The van der Waals surface area contributed by atoms with Gasteiger partial charge in [-0.3, -0.25) is 9.59 Å². The number of thioether (sulfide) groups is 1. The van der Waals surface area contributed by atoms with Crippen LogP contribution in [0.1, 0.15) is 20.3 Å². The van der Waals surface area contributed by atoms with Gasteiger partial charge in [0, 0.05) is 9.92 Å². The van der Waals surface area contributed by atoms with E-state index < -0.39 is 11.9 Å². The van der Waals surface area contributed by atoms with Crippen molar-refractivity contribution in [2.75, 3.05) is 5.75 Å². The van der Waals surface area contributed by atoms with E-state index in [-0.39, 0.29) is 17.6 Å². The molecule has 3 N–H and O–H groups in total. The first-order valence-electron chi connectivity index (χ1n) is 6.41. The largest absolute Gasteiger partial charge is 0.368 e. The number of carbonyl (C=O) groups is 2. The molecule has 1 aromatic rings. The Bertz CT molecular complexity index is 465. The van der Waals surface area contributed by atoms with Crippen LogP contribution in [0, 0.1) is 5.92 Å². The lowest BCUT2D eigenvalue weighted by Gasteiger charge is -2.20. The number of hydrogen-bond acceptors (Lipinski definition) is 3. The summed E-state index contributed by atoms with van der Waals surface area (Å²) in [6, 6.07) is 6.62. The summed E-state index contributed by atoms with van der Waals surface area (Å²) in [5, 5.41) is 3.35. The normalized spacial score (nSPS) is 13.6. The molecule has 1 rings (SSSR count). The molecule has 0 bridgehead atoms. The quantitative estimate of drug-likeness (QED) is 0.759. The van der Waals surface area contributed by atoms with Crippen molar-refractivity contribution < 1.29 is 9.59 Å². The molecule has 0 fully saturated rings. The Morgan fingerprint density at radius 2 is 1.95 bits per heavy atom. The summed E-state index contributed by atoms with van der Waals surface area (Å²) in [4.78, 5) is 24.1. The minimum Gasteiger partial charge on any atom is -0.368 e. The lowest BCUT2D eigenvalue weighted by molar-refractivity contribution is -0.127. The zero-order chi connectivity index (χ0) is 15.1. The van der Waals surface area contributed by atoms with Gasteiger partial charge in [0.1, 0.15) is 6.04 Å². The second-order valence-corrected chi connectivity index (χ2v) is 6.06. The van der Waals surface area contributed by atoms with Gasteiger partial charge < -0.3 is 11.1 Å². The summed E-state index contributed by atoms with van der Waals surface area (Å²) in [7, 11) is 0. The fraction of sp³-hybridized carbons (Fsp3) is 0.429. The number of primary amides is 1. The van der Waals surface area contributed by atoms with E-state index in [9.17, 15) is 9.59 Å². The molecule has 0 radical (unpaired) electrons. The molecule has 0 saturated carbocycles. The summed E-state index contributed by atoms with van der Waals surface area (Å²) < 4.78 is 0. The number of halogens is 1. The first-order valence-corrected chi connectivity index (χ1v) is 7.77. The number of amides is 2. The zero-order valence-electron chi connectivity index (χ0n) is 11.6. The molecule has 0 aliphatic rings. The predicted octanol–water partition coefficient (Wildman–Crippen LogP) is 2.45. The van der Waals surface area contributed by atoms with Gasteiger partial charge in [0.05, 0.1) is 5.75 Å². The van der Waals surface area contributed by atoms with Crippen molar-refractivity contribution in [1.82, 2.24) is 5.32 Å². The minimum absolute atomic E-state index is 0.0250. The highest BCUT2D eigenvalue weighted by Crippen LogP contribution is 2.20. The molecule has 0 aliphatic heterocycles. The molecule has 110 valence electrons. The topological polar surface area (TPSA) is 72.2 Å². The second kappa shape index (κ2) is 8.17. The average molecular weight is 315 g/mol. The summed E-state index contributed by atoms with van der Waals surface area (Å²) in [6.45, 7) is 3.84. The smallest absolute Gasteiger partial charge is 0.240 e. The van der Waals surface area contributed by atoms with Gasteiger partial charge in [-0.2, -0.15) is 0 Å². The van der Waals surface area contributed by atoms with Crippen molar-refractivity contribution in [2.45, 2.75) is 31.2 Å². The van der Waals surface area contributed by atoms with E-state index in [1.807, 2.05) is 26.0 Å². The summed E-state index contributed by atoms with van der Waals surface area (Å²) >= 11 is 7.18. The molecule has 2 atom stereocenters. The van der Waals surface area contributed by atoms with Crippen LogP contribution in [0.3, 0.4) is 0 Å². The third kappa shape index (κ3) is 5.43. The first kappa shape index (κ1) is 16.9. The maximum absolute atomic E-state index is 11.9. The van der Waals surface area contributed by atoms with Gasteiger partial charge in [-0.1, -0.05) is 31.9 Å². The predicted molar refractivity (Wildman–Crippen MR) is 82.8 cm³/mol. The number of benzene rings is 1. The Labute approximate surface area is 128 Å². The van der Waals surface area contributed by atoms with Crippen LogP contribution in [-0.4, -0.2) is 23.6 Å². The van der Waals surface area contributed by atoms with E-state index in [1.54, 1.807) is 12.1 Å². The van der Waals surface area contributed by atoms with Crippen LogP contribution in [0.5, 0.6) is 0 Å². The maximum atomic E-state index is 11.9. The lowest BCUT2D eigenvalue weighted by Crippen LogP contribution is -2.48. The molecule has 1 aromatic carbocycles. The molecule has 4 nitrogen and oxygen atoms in total. The summed E-state index contributed by atoms with van der Waals surface area (Å²) in [5.74, 6) is -0.433. The maximum Gasteiger partial charge on any atom is 0.240 e. The molecular formula is C14H19ClN2O2S. The number of hydrogen-bond donors (Lipinski definition) is 2. The molecule has 0 saturated heterocycles. The van der Waals surface area contributed by atoms with Crippen LogP contribution in [-0.2, 0) is 9.59 Å². The molecule has 6 heteroatoms. The molecule has 0 aliphatic carbocycles. The molecule has 0 heterocycles. The molecule has 2 unspecified atom stereocenters. The van der Waals surface area contributed by atoms with E-state index in [0.29, 0.717) is 5.02 Å². The highest BCUT2D eigenvalue weighted by Gasteiger charge is 2.23. The van der Waals surface area contributed by atoms with Crippen molar-refractivity contribution in [2.24, 2.45) is 11.7 Å². The number of rotatable bonds is 7. The molecule has 0 spiro atoms. The molecule has 0 aromatic heterocycles. The van der Waals surface area contributed by atoms with Gasteiger partial charge in [0.25, 0.3) is 0 Å². The summed E-state index contributed by atoms with van der Waals surface area (Å²) in [5.41, 5.74) is 5.31. The van der Waals surface area contributed by atoms with E-state index in [4.69, 9.17) is 17.3 Å². The second-order valence-electron chi connectivity index (χ2n) is 4.58. The lowest BCUT2D eigenvalue weighted by atomic mass is 9.99. The van der Waals surface area contributed by atoms with Crippen LogP contribution < -0.4 is 11.1 Å². The Morgan fingerprint density at radius 3 is 2.45 bits per heavy atom. The van der Waals surface area contributed by atoms with Gasteiger partial charge in [0.15, 0.2) is 0 Å². The van der Waals surface area contributed by atoms with E-state index in [1.165, 1.54) is 11.8 Å². The fourth-order valence-electron chi connectivity index (χ4n) is 1.62. The van der Waals surface area contributed by atoms with Crippen LogP contribution >= 0.6 is 23.4 Å². The van der Waals surface area contributed by atoms with Crippen LogP contribution in [0.15, 0.2) is 29.2 Å². The van der Waals surface area contributed by atoms with Crippen LogP contribution in [0.25, 0.3) is 0 Å². The number of nitrogens with two attached hydrogens (primary N) is 1. The van der Waals surface area contributed by atoms with Gasteiger partial charge >= 0.3 is 0 Å². The van der Waals surface area contributed by atoms with E-state index >= 15 is 0 Å². The highest BCUT2D eigenvalue weighted by atomic mass is 35.5. The van der Waals surface area contributed by atoms with E-state index in [2.05, 4.69) is 5.32 Å². The van der Waals surface area contributed by atoms with Crippen LogP contribution in [0.4, 0.5) is 0 Å². The highest BCUT2D eigenvalue weighted by molar-refractivity contribution is 8.00. The third-order valence-corrected chi connectivity index (χ3v) is 4.28. The van der Waals surface area contributed by atoms with Gasteiger partial charge in [-0.05, 0) is 30.2 Å². The number of carbonyl (C=O) groups excluding carboxylic acids is 2. The Balaban J connectivity index is 2.49. The zero-order valence-corrected chi connectivity index (χ0v) is 13.1. The number of nitrogens with one attached hydrogen (secondary N) is 1. The van der Waals surface area contributed by atoms with Gasteiger partial charge in [-0.15, -0.1) is 11.8 Å². The van der Waals surface area contributed by atoms with Crippen molar-refractivity contribution in [1.29, 1.82) is 0 Å². The molecule has 20 heavy (non-hydrogen) atoms. The van der Waals surface area contributed by atoms with Gasteiger partial charge in [-0.25, -0.2) is 0 Å². The van der Waals surface area contributed by atoms with Crippen molar-refractivity contribution in [3.63, 3.8) is 0 Å². The standard InChI is InChI=1S/C14H19ClN2O2S/c1-3-9(2)13(14(16)19)17-12(18)8-20-11-6-4-10(15)5-7-11/h4-7,9,13H,3,8H2,1-2H3,(H2,16,19)(H,17,18). The average Bonchev–Trinajstić information content (AvgIpc) is 2.43. The SMILES string of the molecule is CCC(C)C(NC(=O)CSc1ccc(Cl)cc1)C(N)=O. The van der Waals surface area contributed by atoms with Gasteiger partial charge in [0.2, 0.25) is 11.8 Å². The molecule has 2 amide bonds. The van der Waals surface area contributed by atoms with Crippen LogP contribution in [0.2, 0.25) is 5.02 Å². The monoisotopic (exact) mass is 314 g/mol. The van der Waals surface area contributed by atoms with Crippen molar-refractivity contribution >= 4 is 35.2 Å². The summed E-state index contributed by atoms with van der Waals surface area (Å²) in [6.07, 6.45) is 0.776. The minimum atomic E-state index is -0.613. The molecular weight excluding hydrogens is 296 g/mol.